The van der Waals surface area contributed by atoms with Crippen molar-refractivity contribution >= 4 is 39.1 Å². The minimum absolute atomic E-state index is 0.101. The minimum atomic E-state index is -3.34. The molecule has 1 aromatic carbocycles. The summed E-state index contributed by atoms with van der Waals surface area (Å²) in [7, 11) is -3.34. The van der Waals surface area contributed by atoms with Crippen LogP contribution in [0.1, 0.15) is 23.2 Å². The molecule has 0 bridgehead atoms. The van der Waals surface area contributed by atoms with E-state index in [-0.39, 0.29) is 11.8 Å². The minimum Gasteiger partial charge on any atom is -0.354 e. The van der Waals surface area contributed by atoms with Crippen molar-refractivity contribution in [2.45, 2.75) is 12.8 Å². The van der Waals surface area contributed by atoms with Crippen LogP contribution in [0, 0.1) is 0 Å². The molecular formula is C14H20ClN3O4S. The second kappa shape index (κ2) is 9.36. The molecule has 2 amide bonds. The summed E-state index contributed by atoms with van der Waals surface area (Å²) in [6, 6.07) is 6.04. The van der Waals surface area contributed by atoms with E-state index in [1.807, 2.05) is 0 Å². The Morgan fingerprint density at radius 2 is 1.70 bits per heavy atom. The van der Waals surface area contributed by atoms with E-state index in [2.05, 4.69) is 15.4 Å². The van der Waals surface area contributed by atoms with Gasteiger partial charge in [-0.25, -0.2) is 8.42 Å². The topological polar surface area (TPSA) is 104 Å². The van der Waals surface area contributed by atoms with Crippen LogP contribution in [0.25, 0.3) is 0 Å². The van der Waals surface area contributed by atoms with Gasteiger partial charge in [-0.3, -0.25) is 14.3 Å². The molecule has 1 rings (SSSR count). The normalized spacial score (nSPS) is 10.9. The summed E-state index contributed by atoms with van der Waals surface area (Å²) in [5.41, 5.74) is 0.785. The molecule has 0 aliphatic carbocycles. The highest BCUT2D eigenvalue weighted by atomic mass is 35.5. The summed E-state index contributed by atoms with van der Waals surface area (Å²) in [4.78, 5) is 23.2. The van der Waals surface area contributed by atoms with E-state index in [0.717, 1.165) is 6.26 Å². The molecule has 0 aromatic heterocycles. The number of rotatable bonds is 9. The summed E-state index contributed by atoms with van der Waals surface area (Å²) in [5.74, 6) is 0.0379. The Morgan fingerprint density at radius 1 is 1.09 bits per heavy atom. The fraction of sp³-hybridized carbons (Fsp3) is 0.429. The molecule has 0 heterocycles. The van der Waals surface area contributed by atoms with Crippen LogP contribution >= 0.6 is 11.6 Å². The van der Waals surface area contributed by atoms with Gasteiger partial charge in [0.15, 0.2) is 0 Å². The van der Waals surface area contributed by atoms with Gasteiger partial charge in [-0.2, -0.15) is 0 Å². The monoisotopic (exact) mass is 361 g/mol. The fourth-order valence-electron chi connectivity index (χ4n) is 1.70. The number of halogens is 1. The molecule has 0 saturated heterocycles. The van der Waals surface area contributed by atoms with Crippen molar-refractivity contribution in [2.24, 2.45) is 0 Å². The van der Waals surface area contributed by atoms with E-state index in [1.165, 1.54) is 24.3 Å². The maximum absolute atomic E-state index is 11.9. The van der Waals surface area contributed by atoms with Crippen LogP contribution in [-0.2, 0) is 14.8 Å². The van der Waals surface area contributed by atoms with Gasteiger partial charge in [-0.15, -0.1) is 11.6 Å². The number of hydrogen-bond donors (Lipinski definition) is 3. The van der Waals surface area contributed by atoms with Gasteiger partial charge in [0.25, 0.3) is 5.91 Å². The number of hydrogen-bond acceptors (Lipinski definition) is 4. The third-order valence-electron chi connectivity index (χ3n) is 2.72. The van der Waals surface area contributed by atoms with Gasteiger partial charge in [0.1, 0.15) is 0 Å². The van der Waals surface area contributed by atoms with Crippen LogP contribution in [0.2, 0.25) is 0 Å². The number of alkyl halides is 1. The fourth-order valence-corrected chi connectivity index (χ4v) is 2.40. The third-order valence-corrected chi connectivity index (χ3v) is 3.59. The molecule has 9 heteroatoms. The van der Waals surface area contributed by atoms with Crippen LogP contribution in [0.4, 0.5) is 5.69 Å². The van der Waals surface area contributed by atoms with E-state index < -0.39 is 10.0 Å². The highest BCUT2D eigenvalue weighted by Gasteiger charge is 2.07. The zero-order chi connectivity index (χ0) is 17.3. The Balaban J connectivity index is 2.36. The van der Waals surface area contributed by atoms with Crippen molar-refractivity contribution < 1.29 is 18.0 Å². The lowest BCUT2D eigenvalue weighted by atomic mass is 10.2. The molecule has 0 aliphatic heterocycles. The Kier molecular flexibility index (Phi) is 7.84. The predicted octanol–water partition coefficient (Wildman–Crippen LogP) is 0.923. The molecule has 23 heavy (non-hydrogen) atoms. The maximum atomic E-state index is 11.9. The van der Waals surface area contributed by atoms with Crippen molar-refractivity contribution in [3.05, 3.63) is 29.8 Å². The summed E-state index contributed by atoms with van der Waals surface area (Å²) in [6.45, 7) is 0.634. The summed E-state index contributed by atoms with van der Waals surface area (Å²) in [6.07, 6.45) is 2.04. The second-order valence-corrected chi connectivity index (χ2v) is 6.98. The Bertz CT molecular complexity index is 632. The van der Waals surface area contributed by atoms with Gasteiger partial charge in [-0.1, -0.05) is 0 Å². The van der Waals surface area contributed by atoms with Gasteiger partial charge in [-0.05, 0) is 30.7 Å². The molecular weight excluding hydrogens is 342 g/mol. The molecule has 0 unspecified atom stereocenters. The third kappa shape index (κ3) is 8.41. The lowest BCUT2D eigenvalue weighted by Gasteiger charge is -2.08. The molecule has 0 atom stereocenters. The first-order valence-electron chi connectivity index (χ1n) is 7.00. The number of anilines is 1. The highest BCUT2D eigenvalue weighted by molar-refractivity contribution is 7.92. The van der Waals surface area contributed by atoms with E-state index in [0.29, 0.717) is 43.1 Å². The smallest absolute Gasteiger partial charge is 0.251 e. The van der Waals surface area contributed by atoms with Crippen molar-refractivity contribution in [1.82, 2.24) is 10.6 Å². The molecule has 0 saturated carbocycles. The number of nitrogens with one attached hydrogen (secondary N) is 3. The summed E-state index contributed by atoms with van der Waals surface area (Å²) < 4.78 is 24.5. The first-order chi connectivity index (χ1) is 10.8. The summed E-state index contributed by atoms with van der Waals surface area (Å²) in [5, 5.41) is 5.33. The average Bonchev–Trinajstić information content (AvgIpc) is 2.48. The van der Waals surface area contributed by atoms with Crippen LogP contribution in [0.15, 0.2) is 24.3 Å². The highest BCUT2D eigenvalue weighted by Crippen LogP contribution is 2.10. The van der Waals surface area contributed by atoms with Gasteiger partial charge in [0, 0.05) is 36.6 Å². The van der Waals surface area contributed by atoms with Crippen molar-refractivity contribution in [1.29, 1.82) is 0 Å². The second-order valence-electron chi connectivity index (χ2n) is 4.85. The molecule has 0 radical (unpaired) electrons. The van der Waals surface area contributed by atoms with E-state index in [9.17, 15) is 18.0 Å². The number of amides is 2. The van der Waals surface area contributed by atoms with Crippen LogP contribution in [-0.4, -0.2) is 45.5 Å². The van der Waals surface area contributed by atoms with Gasteiger partial charge in [0.2, 0.25) is 15.9 Å². The first-order valence-corrected chi connectivity index (χ1v) is 9.43. The molecule has 1 aromatic rings. The Hall–Kier alpha value is -1.80. The van der Waals surface area contributed by atoms with Crippen molar-refractivity contribution in [2.75, 3.05) is 29.9 Å². The van der Waals surface area contributed by atoms with E-state index >= 15 is 0 Å². The first kappa shape index (κ1) is 19.2. The quantitative estimate of drug-likeness (QED) is 0.449. The van der Waals surface area contributed by atoms with Crippen molar-refractivity contribution in [3.8, 4) is 0 Å². The lowest BCUT2D eigenvalue weighted by Crippen LogP contribution is -2.34. The van der Waals surface area contributed by atoms with Gasteiger partial charge >= 0.3 is 0 Å². The molecule has 128 valence electrons. The molecule has 0 spiro atoms. The Morgan fingerprint density at radius 3 is 2.26 bits per heavy atom. The van der Waals surface area contributed by atoms with Crippen LogP contribution < -0.4 is 15.4 Å². The van der Waals surface area contributed by atoms with E-state index in [4.69, 9.17) is 11.6 Å². The molecule has 7 nitrogen and oxygen atoms in total. The largest absolute Gasteiger partial charge is 0.354 e. The lowest BCUT2D eigenvalue weighted by molar-refractivity contribution is -0.121. The van der Waals surface area contributed by atoms with Crippen molar-refractivity contribution in [3.63, 3.8) is 0 Å². The Labute approximate surface area is 140 Å². The number of benzene rings is 1. The summed E-state index contributed by atoms with van der Waals surface area (Å²) >= 11 is 5.49. The van der Waals surface area contributed by atoms with E-state index in [1.54, 1.807) is 0 Å². The zero-order valence-corrected chi connectivity index (χ0v) is 14.3. The van der Waals surface area contributed by atoms with Crippen LogP contribution in [0.5, 0.6) is 0 Å². The number of carbonyl (C=O) groups excluding carboxylic acids is 2. The predicted molar refractivity (Wildman–Crippen MR) is 90.2 cm³/mol. The van der Waals surface area contributed by atoms with Crippen LogP contribution in [0.3, 0.4) is 0 Å². The SMILES string of the molecule is CS(=O)(=O)Nc1ccc(C(=O)NCCNC(=O)CCCCl)cc1. The number of carbonyl (C=O) groups is 2. The van der Waals surface area contributed by atoms with Gasteiger partial charge in [0.05, 0.1) is 6.26 Å². The average molecular weight is 362 g/mol. The molecule has 0 aliphatic rings. The maximum Gasteiger partial charge on any atom is 0.251 e. The molecule has 3 N–H and O–H groups in total. The standard InChI is InChI=1S/C14H20ClN3O4S/c1-23(21,22)18-12-6-4-11(5-7-12)14(20)17-10-9-16-13(19)3-2-8-15/h4-7,18H,2-3,8-10H2,1H3,(H,16,19)(H,17,20). The van der Waals surface area contributed by atoms with Gasteiger partial charge < -0.3 is 10.6 Å². The number of sulfonamides is 1. The molecule has 0 fully saturated rings. The zero-order valence-electron chi connectivity index (χ0n) is 12.8.